The Labute approximate surface area is 144 Å². The van der Waals surface area contributed by atoms with Crippen molar-refractivity contribution in [3.05, 3.63) is 66.4 Å². The fourth-order valence-electron chi connectivity index (χ4n) is 2.57. The minimum Gasteiger partial charge on any atom is -0.469 e. The summed E-state index contributed by atoms with van der Waals surface area (Å²) in [5.41, 5.74) is 0.301. The molecule has 0 aliphatic carbocycles. The van der Waals surface area contributed by atoms with Crippen molar-refractivity contribution in [2.24, 2.45) is 0 Å². The molecule has 0 saturated carbocycles. The number of benzene rings is 2. The van der Waals surface area contributed by atoms with Gasteiger partial charge in [0.2, 0.25) is 0 Å². The highest BCUT2D eigenvalue weighted by Gasteiger charge is 2.27. The van der Waals surface area contributed by atoms with Gasteiger partial charge in [0.05, 0.1) is 17.5 Å². The predicted octanol–water partition coefficient (Wildman–Crippen LogP) is 2.62. The molecule has 0 amide bonds. The number of ether oxygens (including phenoxy) is 1. The summed E-state index contributed by atoms with van der Waals surface area (Å²) in [5, 5.41) is 0.593. The summed E-state index contributed by atoms with van der Waals surface area (Å²) >= 11 is 0. The molecule has 3 aromatic rings. The van der Waals surface area contributed by atoms with E-state index in [1.807, 2.05) is 0 Å². The van der Waals surface area contributed by atoms with E-state index in [4.69, 9.17) is 0 Å². The first-order valence-corrected chi connectivity index (χ1v) is 8.90. The summed E-state index contributed by atoms with van der Waals surface area (Å²) in [7, 11) is -2.82. The normalized spacial score (nSPS) is 11.4. The third-order valence-corrected chi connectivity index (χ3v) is 5.51. The molecule has 0 unspecified atom stereocenters. The summed E-state index contributed by atoms with van der Waals surface area (Å²) in [6.45, 7) is 0. The van der Waals surface area contributed by atoms with Crippen molar-refractivity contribution in [3.8, 4) is 0 Å². The van der Waals surface area contributed by atoms with Gasteiger partial charge in [0.1, 0.15) is 12.1 Å². The highest BCUT2D eigenvalue weighted by Crippen LogP contribution is 2.26. The van der Waals surface area contributed by atoms with Crippen molar-refractivity contribution in [3.63, 3.8) is 0 Å². The lowest BCUT2D eigenvalue weighted by Crippen LogP contribution is -2.20. The molecule has 128 valence electrons. The lowest BCUT2D eigenvalue weighted by molar-refractivity contribution is -0.139. The van der Waals surface area contributed by atoms with Crippen LogP contribution in [0, 0.1) is 0 Å². The molecule has 25 heavy (non-hydrogen) atoms. The lowest BCUT2D eigenvalue weighted by Gasteiger charge is -2.11. The van der Waals surface area contributed by atoms with Gasteiger partial charge in [-0.2, -0.15) is 0 Å². The molecule has 0 radical (unpaired) electrons. The zero-order chi connectivity index (χ0) is 18.0. The molecule has 0 atom stereocenters. The van der Waals surface area contributed by atoms with Gasteiger partial charge in [0.15, 0.2) is 5.78 Å². The average Bonchev–Trinajstić information content (AvgIpc) is 3.02. The summed E-state index contributed by atoms with van der Waals surface area (Å²) in [6.07, 6.45) is -0.531. The molecule has 6 nitrogen and oxygen atoms in total. The van der Waals surface area contributed by atoms with Crippen molar-refractivity contribution in [2.75, 3.05) is 7.11 Å². The molecule has 2 aromatic carbocycles. The second-order valence-corrected chi connectivity index (χ2v) is 7.13. The zero-order valence-corrected chi connectivity index (χ0v) is 14.2. The van der Waals surface area contributed by atoms with Gasteiger partial charge in [-0.05, 0) is 24.3 Å². The molecule has 0 aliphatic heterocycles. The van der Waals surface area contributed by atoms with Gasteiger partial charge in [0, 0.05) is 5.39 Å². The number of carbonyl (C=O) groups is 2. The molecule has 3 rings (SSSR count). The maximum Gasteiger partial charge on any atom is 0.313 e. The van der Waals surface area contributed by atoms with Crippen LogP contribution in [0.15, 0.2) is 65.6 Å². The van der Waals surface area contributed by atoms with Crippen molar-refractivity contribution in [1.82, 2.24) is 3.97 Å². The first-order chi connectivity index (χ1) is 11.9. The molecule has 0 saturated heterocycles. The quantitative estimate of drug-likeness (QED) is 0.398. The number of ketones is 1. The molecule has 1 heterocycles. The smallest absolute Gasteiger partial charge is 0.313 e. The van der Waals surface area contributed by atoms with Crippen molar-refractivity contribution in [1.29, 1.82) is 0 Å². The number of methoxy groups -OCH3 is 1. The SMILES string of the molecule is COC(=O)CC(=O)c1cc2ccccc2n1S(=O)(=O)c1ccccc1. The number of hydrogen-bond acceptors (Lipinski definition) is 5. The molecule has 0 N–H and O–H groups in total. The van der Waals surface area contributed by atoms with E-state index in [0.717, 1.165) is 3.97 Å². The lowest BCUT2D eigenvalue weighted by atomic mass is 10.2. The Bertz CT molecular complexity index is 1050. The molecule has 0 spiro atoms. The van der Waals surface area contributed by atoms with Crippen molar-refractivity contribution in [2.45, 2.75) is 11.3 Å². The number of para-hydroxylation sites is 1. The van der Waals surface area contributed by atoms with Gasteiger partial charge in [-0.25, -0.2) is 12.4 Å². The second kappa shape index (κ2) is 6.52. The van der Waals surface area contributed by atoms with Crippen LogP contribution in [0.5, 0.6) is 0 Å². The van der Waals surface area contributed by atoms with Crippen LogP contribution < -0.4 is 0 Å². The van der Waals surface area contributed by atoms with Crippen molar-refractivity contribution < 1.29 is 22.7 Å². The van der Waals surface area contributed by atoms with Crippen LogP contribution in [0.2, 0.25) is 0 Å². The van der Waals surface area contributed by atoms with E-state index in [9.17, 15) is 18.0 Å². The van der Waals surface area contributed by atoms with E-state index in [1.54, 1.807) is 42.5 Å². The van der Waals surface area contributed by atoms with Crippen molar-refractivity contribution >= 4 is 32.7 Å². The number of nitrogens with zero attached hydrogens (tertiary/aromatic N) is 1. The van der Waals surface area contributed by atoms with Crippen LogP contribution in [-0.4, -0.2) is 31.3 Å². The second-order valence-electron chi connectivity index (χ2n) is 5.35. The van der Waals surface area contributed by atoms with E-state index in [-0.39, 0.29) is 10.6 Å². The van der Waals surface area contributed by atoms with Crippen LogP contribution in [0.3, 0.4) is 0 Å². The van der Waals surface area contributed by atoms with E-state index in [0.29, 0.717) is 10.9 Å². The summed E-state index contributed by atoms with van der Waals surface area (Å²) in [4.78, 5) is 24.0. The van der Waals surface area contributed by atoms with Gasteiger partial charge < -0.3 is 4.74 Å². The average molecular weight is 357 g/mol. The standard InChI is InChI=1S/C18H15NO5S/c1-24-18(21)12-17(20)16-11-13-7-5-6-10-15(13)19(16)25(22,23)14-8-3-2-4-9-14/h2-11H,12H2,1H3. The maximum atomic E-state index is 13.1. The number of Topliss-reactive ketones (excluding diaryl/α,β-unsaturated/α-hetero) is 1. The fraction of sp³-hybridized carbons (Fsp3) is 0.111. The van der Waals surface area contributed by atoms with Crippen LogP contribution >= 0.6 is 0 Å². The van der Waals surface area contributed by atoms with E-state index in [1.165, 1.54) is 25.3 Å². The monoisotopic (exact) mass is 357 g/mol. The Morgan fingerprint density at radius 3 is 2.32 bits per heavy atom. The van der Waals surface area contributed by atoms with E-state index < -0.39 is 28.2 Å². The highest BCUT2D eigenvalue weighted by atomic mass is 32.2. The summed E-state index contributed by atoms with van der Waals surface area (Å²) in [6, 6.07) is 16.1. The molecule has 0 bridgehead atoms. The Morgan fingerprint density at radius 1 is 1.00 bits per heavy atom. The first-order valence-electron chi connectivity index (χ1n) is 7.46. The molecule has 0 aliphatic rings. The van der Waals surface area contributed by atoms with Crippen LogP contribution in [0.4, 0.5) is 0 Å². The Balaban J connectivity index is 2.24. The molecule has 0 fully saturated rings. The minimum absolute atomic E-state index is 0.0588. The summed E-state index contributed by atoms with van der Waals surface area (Å²) < 4.78 is 31.7. The van der Waals surface area contributed by atoms with Crippen LogP contribution in [0.25, 0.3) is 10.9 Å². The van der Waals surface area contributed by atoms with Crippen LogP contribution in [0.1, 0.15) is 16.9 Å². The molecule has 7 heteroatoms. The number of carbonyl (C=O) groups excluding carboxylic acids is 2. The van der Waals surface area contributed by atoms with Gasteiger partial charge in [-0.3, -0.25) is 9.59 Å². The number of esters is 1. The third-order valence-electron chi connectivity index (χ3n) is 3.77. The molecular weight excluding hydrogens is 342 g/mol. The number of fused-ring (bicyclic) bond motifs is 1. The largest absolute Gasteiger partial charge is 0.469 e. The fourth-order valence-corrected chi connectivity index (χ4v) is 4.13. The molecular formula is C18H15NO5S. The van der Waals surface area contributed by atoms with Gasteiger partial charge in [0.25, 0.3) is 10.0 Å². The van der Waals surface area contributed by atoms with E-state index >= 15 is 0 Å². The third kappa shape index (κ3) is 3.06. The van der Waals surface area contributed by atoms with Gasteiger partial charge in [-0.1, -0.05) is 36.4 Å². The summed E-state index contributed by atoms with van der Waals surface area (Å²) in [5.74, 6) is -1.35. The Morgan fingerprint density at radius 2 is 1.64 bits per heavy atom. The highest BCUT2D eigenvalue weighted by molar-refractivity contribution is 7.90. The molecule has 1 aromatic heterocycles. The predicted molar refractivity (Wildman–Crippen MR) is 91.9 cm³/mol. The number of aromatic nitrogens is 1. The van der Waals surface area contributed by atoms with Crippen LogP contribution in [-0.2, 0) is 19.6 Å². The number of hydrogen-bond donors (Lipinski definition) is 0. The Hall–Kier alpha value is -2.93. The number of rotatable bonds is 5. The maximum absolute atomic E-state index is 13.1. The Kier molecular flexibility index (Phi) is 4.41. The minimum atomic E-state index is -4.00. The van der Waals surface area contributed by atoms with Gasteiger partial charge >= 0.3 is 5.97 Å². The van der Waals surface area contributed by atoms with Gasteiger partial charge in [-0.15, -0.1) is 0 Å². The first kappa shape index (κ1) is 16.9. The zero-order valence-electron chi connectivity index (χ0n) is 13.4. The topological polar surface area (TPSA) is 82.4 Å². The van der Waals surface area contributed by atoms with E-state index in [2.05, 4.69) is 4.74 Å².